The summed E-state index contributed by atoms with van der Waals surface area (Å²) in [7, 11) is -3.09. The highest BCUT2D eigenvalue weighted by molar-refractivity contribution is 7.91. The second-order valence-electron chi connectivity index (χ2n) is 7.59. The molecule has 1 atom stereocenters. The van der Waals surface area contributed by atoms with Crippen molar-refractivity contribution in [1.29, 1.82) is 0 Å². The molecule has 7 heteroatoms. The third-order valence-electron chi connectivity index (χ3n) is 5.53. The molecule has 0 radical (unpaired) electrons. The minimum atomic E-state index is -3.09. The number of ether oxygens (including phenoxy) is 1. The van der Waals surface area contributed by atoms with E-state index in [9.17, 15) is 18.0 Å². The highest BCUT2D eigenvalue weighted by Crippen LogP contribution is 2.29. The Morgan fingerprint density at radius 2 is 1.86 bits per heavy atom. The van der Waals surface area contributed by atoms with Crippen LogP contribution in [0.5, 0.6) is 0 Å². The Morgan fingerprint density at radius 1 is 1.14 bits per heavy atom. The largest absolute Gasteiger partial charge is 0.452 e. The zero-order valence-corrected chi connectivity index (χ0v) is 17.0. The molecule has 1 aromatic rings. The van der Waals surface area contributed by atoms with Crippen LogP contribution in [0.15, 0.2) is 30.3 Å². The third kappa shape index (κ3) is 5.22. The minimum absolute atomic E-state index is 0.0103. The Bertz CT molecular complexity index is 855. The zero-order valence-electron chi connectivity index (χ0n) is 16.2. The van der Waals surface area contributed by atoms with E-state index in [0.717, 1.165) is 36.8 Å². The summed E-state index contributed by atoms with van der Waals surface area (Å²) in [4.78, 5) is 26.5. The SMILES string of the molecule is Cc1ccccc1/C=C/C(=O)OCC(=O)N(C1CCCC1)[C@H]1CCS(=O)(=O)C1. The lowest BCUT2D eigenvalue weighted by Gasteiger charge is -2.33. The van der Waals surface area contributed by atoms with Crippen LogP contribution >= 0.6 is 0 Å². The van der Waals surface area contributed by atoms with Crippen molar-refractivity contribution in [2.45, 2.75) is 51.1 Å². The molecule has 1 saturated carbocycles. The topological polar surface area (TPSA) is 80.8 Å². The molecule has 2 fully saturated rings. The summed E-state index contributed by atoms with van der Waals surface area (Å²) < 4.78 is 28.9. The van der Waals surface area contributed by atoms with Gasteiger partial charge < -0.3 is 9.64 Å². The van der Waals surface area contributed by atoms with Crippen molar-refractivity contribution >= 4 is 27.8 Å². The molecule has 28 heavy (non-hydrogen) atoms. The fourth-order valence-corrected chi connectivity index (χ4v) is 5.78. The fourth-order valence-electron chi connectivity index (χ4n) is 4.07. The van der Waals surface area contributed by atoms with Crippen LogP contribution in [-0.2, 0) is 24.2 Å². The number of hydrogen-bond acceptors (Lipinski definition) is 5. The molecule has 1 aliphatic heterocycles. The molecule has 0 aromatic heterocycles. The van der Waals surface area contributed by atoms with Crippen molar-refractivity contribution in [3.63, 3.8) is 0 Å². The van der Waals surface area contributed by atoms with Crippen molar-refractivity contribution in [2.24, 2.45) is 0 Å². The molecule has 1 amide bonds. The van der Waals surface area contributed by atoms with E-state index in [0.29, 0.717) is 6.42 Å². The van der Waals surface area contributed by atoms with E-state index in [1.165, 1.54) is 6.08 Å². The van der Waals surface area contributed by atoms with Gasteiger partial charge in [-0.1, -0.05) is 37.1 Å². The lowest BCUT2D eigenvalue weighted by Crippen LogP contribution is -2.48. The molecule has 0 N–H and O–H groups in total. The van der Waals surface area contributed by atoms with Crippen LogP contribution in [-0.4, -0.2) is 55.4 Å². The van der Waals surface area contributed by atoms with Crippen LogP contribution in [0.4, 0.5) is 0 Å². The van der Waals surface area contributed by atoms with Gasteiger partial charge in [-0.15, -0.1) is 0 Å². The van der Waals surface area contributed by atoms with Gasteiger partial charge in [0.25, 0.3) is 5.91 Å². The highest BCUT2D eigenvalue weighted by atomic mass is 32.2. The van der Waals surface area contributed by atoms with Crippen molar-refractivity contribution in [3.8, 4) is 0 Å². The molecule has 1 aliphatic carbocycles. The molecule has 6 nitrogen and oxygen atoms in total. The van der Waals surface area contributed by atoms with Crippen molar-refractivity contribution in [2.75, 3.05) is 18.1 Å². The van der Waals surface area contributed by atoms with E-state index in [1.807, 2.05) is 31.2 Å². The summed E-state index contributed by atoms with van der Waals surface area (Å²) in [5.41, 5.74) is 1.95. The number of carbonyl (C=O) groups is 2. The molecular formula is C21H27NO5S. The van der Waals surface area contributed by atoms with Crippen LogP contribution in [0.2, 0.25) is 0 Å². The summed E-state index contributed by atoms with van der Waals surface area (Å²) in [5.74, 6) is -0.752. The molecular weight excluding hydrogens is 378 g/mol. The first-order valence-corrected chi connectivity index (χ1v) is 11.6. The molecule has 0 unspecified atom stereocenters. The second-order valence-corrected chi connectivity index (χ2v) is 9.82. The van der Waals surface area contributed by atoms with E-state index >= 15 is 0 Å². The summed E-state index contributed by atoms with van der Waals surface area (Å²) in [6, 6.07) is 7.39. The van der Waals surface area contributed by atoms with Gasteiger partial charge in [-0.2, -0.15) is 0 Å². The smallest absolute Gasteiger partial charge is 0.331 e. The Kier molecular flexibility index (Phi) is 6.54. The molecule has 1 heterocycles. The molecule has 152 valence electrons. The monoisotopic (exact) mass is 405 g/mol. The highest BCUT2D eigenvalue weighted by Gasteiger charge is 2.39. The van der Waals surface area contributed by atoms with E-state index < -0.39 is 15.8 Å². The van der Waals surface area contributed by atoms with Crippen LogP contribution in [0, 0.1) is 6.92 Å². The lowest BCUT2D eigenvalue weighted by atomic mass is 10.1. The second kappa shape index (κ2) is 8.90. The molecule has 0 spiro atoms. The van der Waals surface area contributed by atoms with Crippen LogP contribution in [0.25, 0.3) is 6.08 Å². The number of benzene rings is 1. The van der Waals surface area contributed by atoms with Crippen molar-refractivity contribution in [3.05, 3.63) is 41.5 Å². The summed E-state index contributed by atoms with van der Waals surface area (Å²) in [6.07, 6.45) is 7.27. The standard InChI is InChI=1S/C21H27NO5S/c1-16-6-2-3-7-17(16)10-11-21(24)27-14-20(23)22(18-8-4-5-9-18)19-12-13-28(25,26)15-19/h2-3,6-7,10-11,18-19H,4-5,8-9,12-15H2,1H3/b11-10+/t19-/m0/s1. The number of carbonyl (C=O) groups excluding carboxylic acids is 2. The van der Waals surface area contributed by atoms with Gasteiger partial charge >= 0.3 is 5.97 Å². The van der Waals surface area contributed by atoms with Gasteiger partial charge in [-0.05, 0) is 43.4 Å². The van der Waals surface area contributed by atoms with Gasteiger partial charge in [0.05, 0.1) is 11.5 Å². The van der Waals surface area contributed by atoms with Crippen LogP contribution in [0.3, 0.4) is 0 Å². The first kappa shape index (κ1) is 20.6. The summed E-state index contributed by atoms with van der Waals surface area (Å²) in [5, 5.41) is 0. The van der Waals surface area contributed by atoms with E-state index in [-0.39, 0.29) is 36.1 Å². The number of amides is 1. The average molecular weight is 406 g/mol. The van der Waals surface area contributed by atoms with Gasteiger partial charge in [-0.3, -0.25) is 4.79 Å². The van der Waals surface area contributed by atoms with E-state index in [2.05, 4.69) is 0 Å². The Labute approximate surface area is 166 Å². The Hall–Kier alpha value is -2.15. The normalized spacial score (nSPS) is 21.8. The van der Waals surface area contributed by atoms with Gasteiger partial charge in [0.15, 0.2) is 16.4 Å². The third-order valence-corrected chi connectivity index (χ3v) is 7.28. The maximum absolute atomic E-state index is 12.8. The Balaban J connectivity index is 1.60. The first-order valence-electron chi connectivity index (χ1n) is 9.78. The predicted molar refractivity (Wildman–Crippen MR) is 107 cm³/mol. The minimum Gasteiger partial charge on any atom is -0.452 e. The van der Waals surface area contributed by atoms with E-state index in [4.69, 9.17) is 4.74 Å². The maximum atomic E-state index is 12.8. The first-order chi connectivity index (χ1) is 13.4. The van der Waals surface area contributed by atoms with Gasteiger partial charge in [-0.25, -0.2) is 13.2 Å². The number of hydrogen-bond donors (Lipinski definition) is 0. The molecule has 1 saturated heterocycles. The molecule has 2 aliphatic rings. The summed E-state index contributed by atoms with van der Waals surface area (Å²) in [6.45, 7) is 1.59. The lowest BCUT2D eigenvalue weighted by molar-refractivity contribution is -0.150. The average Bonchev–Trinajstić information content (AvgIpc) is 3.29. The quantitative estimate of drug-likeness (QED) is 0.537. The van der Waals surface area contributed by atoms with Crippen LogP contribution < -0.4 is 0 Å². The maximum Gasteiger partial charge on any atom is 0.331 e. The number of esters is 1. The molecule has 3 rings (SSSR count). The van der Waals surface area contributed by atoms with Gasteiger partial charge in [0.2, 0.25) is 0 Å². The number of rotatable bonds is 6. The number of sulfone groups is 1. The summed E-state index contributed by atoms with van der Waals surface area (Å²) >= 11 is 0. The van der Waals surface area contributed by atoms with Crippen molar-refractivity contribution < 1.29 is 22.7 Å². The van der Waals surface area contributed by atoms with E-state index in [1.54, 1.807) is 11.0 Å². The Morgan fingerprint density at radius 3 is 2.50 bits per heavy atom. The number of nitrogens with zero attached hydrogens (tertiary/aromatic N) is 1. The predicted octanol–water partition coefficient (Wildman–Crippen LogP) is 2.51. The fraction of sp³-hybridized carbons (Fsp3) is 0.524. The molecule has 1 aromatic carbocycles. The van der Waals surface area contributed by atoms with Crippen molar-refractivity contribution in [1.82, 2.24) is 4.90 Å². The zero-order chi connectivity index (χ0) is 20.1. The number of aryl methyl sites for hydroxylation is 1. The molecule has 0 bridgehead atoms. The van der Waals surface area contributed by atoms with Crippen LogP contribution in [0.1, 0.15) is 43.2 Å². The van der Waals surface area contributed by atoms with Gasteiger partial charge in [0.1, 0.15) is 0 Å². The van der Waals surface area contributed by atoms with Gasteiger partial charge in [0, 0.05) is 18.2 Å².